The molecule has 2 aromatic heterocycles. The van der Waals surface area contributed by atoms with Crippen LogP contribution in [0.15, 0.2) is 24.5 Å². The topological polar surface area (TPSA) is 63.1 Å². The highest BCUT2D eigenvalue weighted by molar-refractivity contribution is 5.95. The number of halogens is 3. The zero-order chi connectivity index (χ0) is 21.8. The SMILES string of the molecule is CCN(CC)C(C)CNC(=O)c1cnn(-c2ccc(C(F)(F)F)cn2)c1C(C)C. The molecule has 2 aromatic rings. The number of alkyl halides is 3. The van der Waals surface area contributed by atoms with Gasteiger partial charge in [0, 0.05) is 18.8 Å². The quantitative estimate of drug-likeness (QED) is 0.716. The average Bonchev–Trinajstić information content (AvgIpc) is 3.12. The van der Waals surface area contributed by atoms with Crippen LogP contribution in [0.1, 0.15) is 62.2 Å². The van der Waals surface area contributed by atoms with Crippen LogP contribution in [0.5, 0.6) is 0 Å². The van der Waals surface area contributed by atoms with Crippen molar-refractivity contribution >= 4 is 5.91 Å². The Morgan fingerprint density at radius 1 is 1.17 bits per heavy atom. The zero-order valence-electron chi connectivity index (χ0n) is 17.4. The van der Waals surface area contributed by atoms with E-state index in [1.54, 1.807) is 0 Å². The number of hydrogen-bond acceptors (Lipinski definition) is 4. The van der Waals surface area contributed by atoms with Crippen molar-refractivity contribution in [3.63, 3.8) is 0 Å². The number of likely N-dealkylation sites (N-methyl/N-ethyl adjacent to an activating group) is 1. The average molecular weight is 411 g/mol. The fraction of sp³-hybridized carbons (Fsp3) is 0.550. The first-order valence-corrected chi connectivity index (χ1v) is 9.73. The standard InChI is InChI=1S/C20H28F3N5O/c1-6-27(7-2)14(5)10-25-19(29)16-12-26-28(18(16)13(3)4)17-9-8-15(11-24-17)20(21,22)23/h8-9,11-14H,6-7,10H2,1-5H3,(H,25,29). The largest absolute Gasteiger partial charge is 0.417 e. The predicted octanol–water partition coefficient (Wildman–Crippen LogP) is 3.87. The molecular weight excluding hydrogens is 383 g/mol. The number of carbonyl (C=O) groups is 1. The Bertz CT molecular complexity index is 811. The van der Waals surface area contributed by atoms with Gasteiger partial charge in [-0.05, 0) is 38.1 Å². The van der Waals surface area contributed by atoms with Crippen LogP contribution < -0.4 is 5.32 Å². The molecule has 0 bridgehead atoms. The highest BCUT2D eigenvalue weighted by Crippen LogP contribution is 2.29. The molecule has 0 aliphatic rings. The number of carbonyl (C=O) groups excluding carboxylic acids is 1. The maximum atomic E-state index is 12.8. The van der Waals surface area contributed by atoms with E-state index >= 15 is 0 Å². The molecule has 0 spiro atoms. The Morgan fingerprint density at radius 3 is 2.31 bits per heavy atom. The third-order valence-electron chi connectivity index (χ3n) is 4.88. The Balaban J connectivity index is 2.25. The summed E-state index contributed by atoms with van der Waals surface area (Å²) < 4.78 is 39.8. The first-order chi connectivity index (χ1) is 13.6. The molecule has 1 unspecified atom stereocenters. The van der Waals surface area contributed by atoms with Gasteiger partial charge < -0.3 is 5.32 Å². The minimum Gasteiger partial charge on any atom is -0.350 e. The molecule has 2 rings (SSSR count). The first kappa shape index (κ1) is 22.9. The molecule has 1 atom stereocenters. The number of amides is 1. The summed E-state index contributed by atoms with van der Waals surface area (Å²) in [6, 6.07) is 2.40. The molecule has 0 saturated heterocycles. The van der Waals surface area contributed by atoms with Crippen LogP contribution in [-0.2, 0) is 6.18 Å². The maximum absolute atomic E-state index is 12.8. The number of rotatable bonds is 8. The van der Waals surface area contributed by atoms with Crippen LogP contribution in [0.25, 0.3) is 5.82 Å². The monoisotopic (exact) mass is 411 g/mol. The minimum absolute atomic E-state index is 0.0810. The van der Waals surface area contributed by atoms with E-state index < -0.39 is 11.7 Å². The van der Waals surface area contributed by atoms with E-state index in [0.29, 0.717) is 17.8 Å². The first-order valence-electron chi connectivity index (χ1n) is 9.73. The van der Waals surface area contributed by atoms with Crippen molar-refractivity contribution < 1.29 is 18.0 Å². The molecule has 6 nitrogen and oxygen atoms in total. The summed E-state index contributed by atoms with van der Waals surface area (Å²) in [4.78, 5) is 18.9. The zero-order valence-corrected chi connectivity index (χ0v) is 17.4. The van der Waals surface area contributed by atoms with Gasteiger partial charge in [0.25, 0.3) is 5.91 Å². The summed E-state index contributed by atoms with van der Waals surface area (Å²) >= 11 is 0. The lowest BCUT2D eigenvalue weighted by atomic mass is 10.1. The van der Waals surface area contributed by atoms with Gasteiger partial charge in [0.05, 0.1) is 23.0 Å². The second-order valence-corrected chi connectivity index (χ2v) is 7.19. The van der Waals surface area contributed by atoms with Gasteiger partial charge in [-0.1, -0.05) is 27.7 Å². The van der Waals surface area contributed by atoms with Gasteiger partial charge in [-0.2, -0.15) is 18.3 Å². The van der Waals surface area contributed by atoms with Crippen molar-refractivity contribution in [1.29, 1.82) is 0 Å². The van der Waals surface area contributed by atoms with Gasteiger partial charge in [0.15, 0.2) is 5.82 Å². The minimum atomic E-state index is -4.46. The normalized spacial score (nSPS) is 13.2. The van der Waals surface area contributed by atoms with E-state index in [-0.39, 0.29) is 23.7 Å². The van der Waals surface area contributed by atoms with E-state index in [4.69, 9.17) is 0 Å². The van der Waals surface area contributed by atoms with Gasteiger partial charge in [0.1, 0.15) is 0 Å². The maximum Gasteiger partial charge on any atom is 0.417 e. The predicted molar refractivity (Wildman–Crippen MR) is 105 cm³/mol. The van der Waals surface area contributed by atoms with Crippen molar-refractivity contribution in [3.8, 4) is 5.82 Å². The molecule has 9 heteroatoms. The van der Waals surface area contributed by atoms with Crippen LogP contribution in [-0.4, -0.2) is 51.2 Å². The fourth-order valence-electron chi connectivity index (χ4n) is 3.26. The van der Waals surface area contributed by atoms with Gasteiger partial charge in [-0.25, -0.2) is 9.67 Å². The smallest absolute Gasteiger partial charge is 0.350 e. The molecule has 0 fully saturated rings. The van der Waals surface area contributed by atoms with Crippen LogP contribution in [0.2, 0.25) is 0 Å². The van der Waals surface area contributed by atoms with Gasteiger partial charge in [0.2, 0.25) is 0 Å². The summed E-state index contributed by atoms with van der Waals surface area (Å²) in [5.41, 5.74) is 0.168. The Hall–Kier alpha value is -2.42. The summed E-state index contributed by atoms with van der Waals surface area (Å²) in [7, 11) is 0. The van der Waals surface area contributed by atoms with Crippen molar-refractivity contribution in [1.82, 2.24) is 25.0 Å². The molecule has 1 amide bonds. The lowest BCUT2D eigenvalue weighted by Gasteiger charge is -2.26. The molecule has 0 aliphatic heterocycles. The molecule has 160 valence electrons. The number of pyridine rings is 1. The van der Waals surface area contributed by atoms with Crippen LogP contribution in [0.4, 0.5) is 13.2 Å². The number of nitrogens with one attached hydrogen (secondary N) is 1. The fourth-order valence-corrected chi connectivity index (χ4v) is 3.26. The van der Waals surface area contributed by atoms with Crippen LogP contribution in [0, 0.1) is 0 Å². The molecule has 2 heterocycles. The van der Waals surface area contributed by atoms with E-state index in [9.17, 15) is 18.0 Å². The highest BCUT2D eigenvalue weighted by Gasteiger charge is 2.31. The molecule has 0 radical (unpaired) electrons. The number of nitrogens with zero attached hydrogens (tertiary/aromatic N) is 4. The Kier molecular flexibility index (Phi) is 7.40. The summed E-state index contributed by atoms with van der Waals surface area (Å²) in [5, 5.41) is 7.15. The second kappa shape index (κ2) is 9.39. The highest BCUT2D eigenvalue weighted by atomic mass is 19.4. The Labute approximate surface area is 169 Å². The molecule has 0 aliphatic carbocycles. The van der Waals surface area contributed by atoms with Crippen LogP contribution >= 0.6 is 0 Å². The van der Waals surface area contributed by atoms with E-state index in [1.807, 2.05) is 20.8 Å². The van der Waals surface area contributed by atoms with Gasteiger partial charge in [-0.3, -0.25) is 9.69 Å². The van der Waals surface area contributed by atoms with E-state index in [2.05, 4.69) is 34.1 Å². The van der Waals surface area contributed by atoms with Crippen molar-refractivity contribution in [3.05, 3.63) is 41.3 Å². The second-order valence-electron chi connectivity index (χ2n) is 7.19. The van der Waals surface area contributed by atoms with Crippen molar-refractivity contribution in [2.24, 2.45) is 0 Å². The Morgan fingerprint density at radius 2 is 1.83 bits per heavy atom. The lowest BCUT2D eigenvalue weighted by Crippen LogP contribution is -2.42. The molecule has 0 saturated carbocycles. The van der Waals surface area contributed by atoms with Crippen molar-refractivity contribution in [2.45, 2.75) is 52.8 Å². The number of aromatic nitrogens is 3. The summed E-state index contributed by atoms with van der Waals surface area (Å²) in [6.45, 7) is 12.2. The molecule has 0 aromatic carbocycles. The summed E-state index contributed by atoms with van der Waals surface area (Å²) in [5.74, 6) is -0.106. The third kappa shape index (κ3) is 5.35. The van der Waals surface area contributed by atoms with Gasteiger partial charge in [-0.15, -0.1) is 0 Å². The van der Waals surface area contributed by atoms with E-state index in [0.717, 1.165) is 25.4 Å². The summed E-state index contributed by atoms with van der Waals surface area (Å²) in [6.07, 6.45) is -2.25. The molecule has 1 N–H and O–H groups in total. The molecule has 29 heavy (non-hydrogen) atoms. The van der Waals surface area contributed by atoms with E-state index in [1.165, 1.54) is 16.9 Å². The lowest BCUT2D eigenvalue weighted by molar-refractivity contribution is -0.137. The van der Waals surface area contributed by atoms with Crippen LogP contribution in [0.3, 0.4) is 0 Å². The third-order valence-corrected chi connectivity index (χ3v) is 4.88. The van der Waals surface area contributed by atoms with Gasteiger partial charge >= 0.3 is 6.18 Å². The number of hydrogen-bond donors (Lipinski definition) is 1. The molecular formula is C20H28F3N5O. The van der Waals surface area contributed by atoms with Crippen molar-refractivity contribution in [2.75, 3.05) is 19.6 Å².